The highest BCUT2D eigenvalue weighted by Crippen LogP contribution is 2.15. The highest BCUT2D eigenvalue weighted by Gasteiger charge is 2.01. The van der Waals surface area contributed by atoms with Gasteiger partial charge in [-0.3, -0.25) is 4.79 Å². The molecule has 0 aliphatic rings. The van der Waals surface area contributed by atoms with Crippen molar-refractivity contribution in [2.75, 3.05) is 13.2 Å². The maximum Gasteiger partial charge on any atom is 0.307 e. The Morgan fingerprint density at radius 2 is 1.71 bits per heavy atom. The molecule has 0 saturated heterocycles. The monoisotopic (exact) mass is 347 g/mol. The van der Waals surface area contributed by atoms with Gasteiger partial charge in [0.1, 0.15) is 12.4 Å². The molecule has 1 N–H and O–H groups in total. The summed E-state index contributed by atoms with van der Waals surface area (Å²) in [5.41, 5.74) is 2.21. The van der Waals surface area contributed by atoms with E-state index in [0.29, 0.717) is 32.7 Å². The fourth-order valence-electron chi connectivity index (χ4n) is 2.11. The summed E-state index contributed by atoms with van der Waals surface area (Å²) in [6, 6.07) is 15.5. The molecule has 0 aromatic heterocycles. The Bertz CT molecular complexity index is 626. The largest absolute Gasteiger partial charge is 0.489 e. The van der Waals surface area contributed by atoms with Crippen molar-refractivity contribution in [3.63, 3.8) is 0 Å². The van der Waals surface area contributed by atoms with Gasteiger partial charge in [0.05, 0.1) is 13.0 Å². The van der Waals surface area contributed by atoms with Crippen molar-refractivity contribution in [3.8, 4) is 5.75 Å². The number of carbonyl (C=O) groups excluding carboxylic acids is 1. The third-order valence-electron chi connectivity index (χ3n) is 3.38. The smallest absolute Gasteiger partial charge is 0.307 e. The molecule has 128 valence electrons. The normalized spacial score (nSPS) is 10.4. The predicted octanol–water partition coefficient (Wildman–Crippen LogP) is 3.96. The van der Waals surface area contributed by atoms with Crippen LogP contribution < -0.4 is 10.1 Å². The quantitative estimate of drug-likeness (QED) is 0.551. The molecular formula is C19H22ClNO3. The zero-order valence-electron chi connectivity index (χ0n) is 13.8. The Hall–Kier alpha value is -2.04. The van der Waals surface area contributed by atoms with Crippen molar-refractivity contribution in [3.05, 3.63) is 64.7 Å². The third kappa shape index (κ3) is 6.60. The van der Waals surface area contributed by atoms with Crippen LogP contribution in [0.4, 0.5) is 0 Å². The van der Waals surface area contributed by atoms with Gasteiger partial charge in [-0.1, -0.05) is 35.9 Å². The van der Waals surface area contributed by atoms with Gasteiger partial charge in [-0.25, -0.2) is 0 Å². The second kappa shape index (κ2) is 9.96. The highest BCUT2D eigenvalue weighted by molar-refractivity contribution is 6.30. The molecule has 0 atom stereocenters. The molecule has 2 aromatic rings. The summed E-state index contributed by atoms with van der Waals surface area (Å²) < 4.78 is 10.6. The first-order valence-electron chi connectivity index (χ1n) is 8.00. The van der Waals surface area contributed by atoms with Crippen LogP contribution in [-0.4, -0.2) is 19.1 Å². The zero-order chi connectivity index (χ0) is 17.2. The van der Waals surface area contributed by atoms with Gasteiger partial charge in [-0.05, 0) is 42.3 Å². The van der Waals surface area contributed by atoms with Crippen LogP contribution in [0.3, 0.4) is 0 Å². The lowest BCUT2D eigenvalue weighted by Gasteiger charge is -2.08. The van der Waals surface area contributed by atoms with E-state index in [-0.39, 0.29) is 5.97 Å². The Balaban J connectivity index is 1.70. The van der Waals surface area contributed by atoms with Crippen LogP contribution in [0.5, 0.6) is 5.75 Å². The second-order valence-electron chi connectivity index (χ2n) is 5.29. The van der Waals surface area contributed by atoms with Crippen molar-refractivity contribution in [2.45, 2.75) is 26.5 Å². The number of esters is 1. The van der Waals surface area contributed by atoms with E-state index in [9.17, 15) is 4.79 Å². The zero-order valence-corrected chi connectivity index (χ0v) is 14.5. The van der Waals surface area contributed by atoms with Crippen molar-refractivity contribution in [1.82, 2.24) is 5.32 Å². The number of nitrogens with one attached hydrogen (secondary N) is 1. The minimum Gasteiger partial charge on any atom is -0.489 e. The molecule has 2 rings (SSSR count). The lowest BCUT2D eigenvalue weighted by molar-refractivity contribution is -0.142. The highest BCUT2D eigenvalue weighted by atomic mass is 35.5. The van der Waals surface area contributed by atoms with Crippen molar-refractivity contribution >= 4 is 17.6 Å². The number of hydrogen-bond donors (Lipinski definition) is 1. The number of hydrogen-bond acceptors (Lipinski definition) is 4. The summed E-state index contributed by atoms with van der Waals surface area (Å²) in [6.07, 6.45) is 0.385. The summed E-state index contributed by atoms with van der Waals surface area (Å²) in [5, 5.41) is 3.94. The lowest BCUT2D eigenvalue weighted by Crippen LogP contribution is -2.18. The third-order valence-corrected chi connectivity index (χ3v) is 3.63. The van der Waals surface area contributed by atoms with Gasteiger partial charge in [-0.15, -0.1) is 0 Å². The van der Waals surface area contributed by atoms with E-state index in [2.05, 4.69) is 5.32 Å². The maximum atomic E-state index is 11.2. The molecular weight excluding hydrogens is 326 g/mol. The molecule has 0 radical (unpaired) electrons. The SMILES string of the molecule is CCOC(=O)CCNCc1ccc(OCc2ccc(Cl)cc2)cc1. The number of halogens is 1. The van der Waals surface area contributed by atoms with Gasteiger partial charge in [-0.2, -0.15) is 0 Å². The van der Waals surface area contributed by atoms with Gasteiger partial charge >= 0.3 is 5.97 Å². The first-order chi connectivity index (χ1) is 11.7. The minimum atomic E-state index is -0.170. The fraction of sp³-hybridized carbons (Fsp3) is 0.316. The summed E-state index contributed by atoms with van der Waals surface area (Å²) in [4.78, 5) is 11.2. The standard InChI is InChI=1S/C19H22ClNO3/c1-2-23-19(22)11-12-21-13-15-5-9-18(10-6-15)24-14-16-3-7-17(20)8-4-16/h3-10,21H,2,11-14H2,1H3. The van der Waals surface area contributed by atoms with Crippen LogP contribution in [0.15, 0.2) is 48.5 Å². The van der Waals surface area contributed by atoms with E-state index in [1.807, 2.05) is 55.5 Å². The average molecular weight is 348 g/mol. The van der Waals surface area contributed by atoms with Gasteiger partial charge < -0.3 is 14.8 Å². The predicted molar refractivity (Wildman–Crippen MR) is 95.2 cm³/mol. The molecule has 0 saturated carbocycles. The van der Waals surface area contributed by atoms with E-state index in [1.54, 1.807) is 0 Å². The molecule has 0 unspecified atom stereocenters. The van der Waals surface area contributed by atoms with E-state index in [1.165, 1.54) is 0 Å². The molecule has 24 heavy (non-hydrogen) atoms. The number of carbonyl (C=O) groups is 1. The lowest BCUT2D eigenvalue weighted by atomic mass is 10.2. The number of rotatable bonds is 9. The first kappa shape index (κ1) is 18.3. The summed E-state index contributed by atoms with van der Waals surface area (Å²) in [6.45, 7) is 4.05. The first-order valence-corrected chi connectivity index (χ1v) is 8.37. The van der Waals surface area contributed by atoms with Gasteiger partial charge in [0.25, 0.3) is 0 Å². The molecule has 0 spiro atoms. The van der Waals surface area contributed by atoms with E-state index < -0.39 is 0 Å². The number of benzene rings is 2. The minimum absolute atomic E-state index is 0.170. The van der Waals surface area contributed by atoms with Gasteiger partial charge in [0.2, 0.25) is 0 Å². The Morgan fingerprint density at radius 3 is 2.38 bits per heavy atom. The Labute approximate surface area is 147 Å². The topological polar surface area (TPSA) is 47.6 Å². The second-order valence-corrected chi connectivity index (χ2v) is 5.73. The fourth-order valence-corrected chi connectivity index (χ4v) is 2.23. The Kier molecular flexibility index (Phi) is 7.59. The van der Waals surface area contributed by atoms with Crippen LogP contribution >= 0.6 is 11.6 Å². The molecule has 0 fully saturated rings. The van der Waals surface area contributed by atoms with Crippen LogP contribution in [0.25, 0.3) is 0 Å². The van der Waals surface area contributed by atoms with E-state index >= 15 is 0 Å². The molecule has 0 aliphatic carbocycles. The van der Waals surface area contributed by atoms with Gasteiger partial charge in [0.15, 0.2) is 0 Å². The van der Waals surface area contributed by atoms with E-state index in [4.69, 9.17) is 21.1 Å². The molecule has 0 heterocycles. The van der Waals surface area contributed by atoms with E-state index in [0.717, 1.165) is 21.9 Å². The van der Waals surface area contributed by atoms with Crippen LogP contribution in [0.2, 0.25) is 5.02 Å². The molecule has 4 nitrogen and oxygen atoms in total. The molecule has 0 bridgehead atoms. The maximum absolute atomic E-state index is 11.2. The summed E-state index contributed by atoms with van der Waals surface area (Å²) >= 11 is 5.86. The van der Waals surface area contributed by atoms with Crippen molar-refractivity contribution in [1.29, 1.82) is 0 Å². The van der Waals surface area contributed by atoms with Crippen LogP contribution in [0, 0.1) is 0 Å². The molecule has 2 aromatic carbocycles. The summed E-state index contributed by atoms with van der Waals surface area (Å²) in [7, 11) is 0. The summed E-state index contributed by atoms with van der Waals surface area (Å²) in [5.74, 6) is 0.649. The van der Waals surface area contributed by atoms with Crippen molar-refractivity contribution in [2.24, 2.45) is 0 Å². The molecule has 5 heteroatoms. The van der Waals surface area contributed by atoms with Crippen LogP contribution in [-0.2, 0) is 22.7 Å². The van der Waals surface area contributed by atoms with Crippen LogP contribution in [0.1, 0.15) is 24.5 Å². The Morgan fingerprint density at radius 1 is 1.04 bits per heavy atom. The number of ether oxygens (including phenoxy) is 2. The van der Waals surface area contributed by atoms with Crippen molar-refractivity contribution < 1.29 is 14.3 Å². The van der Waals surface area contributed by atoms with Gasteiger partial charge in [0, 0.05) is 18.1 Å². The average Bonchev–Trinajstić information content (AvgIpc) is 2.59. The molecule has 0 amide bonds. The molecule has 0 aliphatic heterocycles.